The highest BCUT2D eigenvalue weighted by Gasteiger charge is 2.35. The van der Waals surface area contributed by atoms with E-state index < -0.39 is 0 Å². The summed E-state index contributed by atoms with van der Waals surface area (Å²) in [5.74, 6) is 0.115. The maximum absolute atomic E-state index is 12.3. The molecule has 3 atom stereocenters. The first kappa shape index (κ1) is 18.2. The zero-order valence-electron chi connectivity index (χ0n) is 14.0. The van der Waals surface area contributed by atoms with Crippen LogP contribution < -0.4 is 10.6 Å². The number of rotatable bonds is 5. The molecule has 2 saturated heterocycles. The van der Waals surface area contributed by atoms with E-state index in [1.807, 2.05) is 25.1 Å². The standard InChI is InChI=1S/C18H27N3O.ClH/c1-13(14-6-4-3-5-7-14)19-18(22)12-21(2)17-10-15-8-9-16(11-17)20-15;/h3-7,13,15-17,20H,8-12H2,1-2H3,(H,19,22);1H. The van der Waals surface area contributed by atoms with Crippen LogP contribution in [0.25, 0.3) is 0 Å². The van der Waals surface area contributed by atoms with Crippen LogP contribution in [-0.2, 0) is 4.79 Å². The smallest absolute Gasteiger partial charge is 0.234 e. The molecule has 1 amide bonds. The Morgan fingerprint density at radius 3 is 2.48 bits per heavy atom. The number of benzene rings is 1. The van der Waals surface area contributed by atoms with Crippen LogP contribution in [0.1, 0.15) is 44.2 Å². The number of piperidine rings is 1. The number of halogens is 1. The molecule has 1 aromatic carbocycles. The largest absolute Gasteiger partial charge is 0.348 e. The molecule has 5 heteroatoms. The summed E-state index contributed by atoms with van der Waals surface area (Å²) in [4.78, 5) is 14.5. The first-order valence-electron chi connectivity index (χ1n) is 8.42. The van der Waals surface area contributed by atoms with E-state index in [1.54, 1.807) is 0 Å². The van der Waals surface area contributed by atoms with Crippen molar-refractivity contribution in [3.05, 3.63) is 35.9 Å². The van der Waals surface area contributed by atoms with Crippen LogP contribution in [0.3, 0.4) is 0 Å². The SMILES string of the molecule is CC(NC(=O)CN(C)C1CC2CCC(C1)N2)c1ccccc1.Cl. The highest BCUT2D eigenvalue weighted by molar-refractivity contribution is 5.85. The van der Waals surface area contributed by atoms with E-state index in [0.29, 0.717) is 24.7 Å². The quantitative estimate of drug-likeness (QED) is 0.867. The van der Waals surface area contributed by atoms with Crippen LogP contribution in [0.15, 0.2) is 30.3 Å². The number of nitrogens with one attached hydrogen (secondary N) is 2. The Hall–Kier alpha value is -1.10. The molecule has 2 fully saturated rings. The van der Waals surface area contributed by atoms with Gasteiger partial charge in [-0.3, -0.25) is 9.69 Å². The van der Waals surface area contributed by atoms with Crippen LogP contribution in [0.5, 0.6) is 0 Å². The number of hydrogen-bond donors (Lipinski definition) is 2. The van der Waals surface area contributed by atoms with E-state index in [9.17, 15) is 4.79 Å². The van der Waals surface area contributed by atoms with E-state index >= 15 is 0 Å². The van der Waals surface area contributed by atoms with Gasteiger partial charge in [-0.1, -0.05) is 30.3 Å². The summed E-state index contributed by atoms with van der Waals surface area (Å²) in [6, 6.07) is 12.1. The van der Waals surface area contributed by atoms with Crippen molar-refractivity contribution in [1.29, 1.82) is 0 Å². The molecule has 0 spiro atoms. The summed E-state index contributed by atoms with van der Waals surface area (Å²) in [5, 5.41) is 6.76. The van der Waals surface area contributed by atoms with Gasteiger partial charge in [0.2, 0.25) is 5.91 Å². The average molecular weight is 338 g/mol. The Labute approximate surface area is 145 Å². The lowest BCUT2D eigenvalue weighted by Crippen LogP contribution is -2.49. The number of carbonyl (C=O) groups is 1. The minimum Gasteiger partial charge on any atom is -0.348 e. The van der Waals surface area contributed by atoms with Crippen molar-refractivity contribution >= 4 is 18.3 Å². The molecule has 0 saturated carbocycles. The zero-order chi connectivity index (χ0) is 15.5. The second kappa shape index (κ2) is 8.13. The van der Waals surface area contributed by atoms with Crippen molar-refractivity contribution in [3.63, 3.8) is 0 Å². The van der Waals surface area contributed by atoms with Gasteiger partial charge in [0, 0.05) is 18.1 Å². The molecule has 1 aromatic rings. The third-order valence-corrected chi connectivity index (χ3v) is 5.14. The fourth-order valence-electron chi connectivity index (χ4n) is 3.85. The summed E-state index contributed by atoms with van der Waals surface area (Å²) < 4.78 is 0. The predicted molar refractivity (Wildman–Crippen MR) is 95.8 cm³/mol. The lowest BCUT2D eigenvalue weighted by molar-refractivity contribution is -0.123. The van der Waals surface area contributed by atoms with Crippen LogP contribution >= 0.6 is 12.4 Å². The van der Waals surface area contributed by atoms with Gasteiger partial charge in [-0.15, -0.1) is 12.4 Å². The molecule has 3 unspecified atom stereocenters. The molecule has 0 aliphatic carbocycles. The van der Waals surface area contributed by atoms with Crippen molar-refractivity contribution in [3.8, 4) is 0 Å². The van der Waals surface area contributed by atoms with Crippen LogP contribution in [-0.4, -0.2) is 42.5 Å². The summed E-state index contributed by atoms with van der Waals surface area (Å²) >= 11 is 0. The molecule has 2 heterocycles. The molecule has 2 bridgehead atoms. The van der Waals surface area contributed by atoms with Gasteiger partial charge >= 0.3 is 0 Å². The maximum Gasteiger partial charge on any atom is 0.234 e. The maximum atomic E-state index is 12.3. The van der Waals surface area contributed by atoms with Gasteiger partial charge in [-0.2, -0.15) is 0 Å². The van der Waals surface area contributed by atoms with Gasteiger partial charge in [0.1, 0.15) is 0 Å². The van der Waals surface area contributed by atoms with E-state index in [1.165, 1.54) is 25.7 Å². The molecule has 0 radical (unpaired) electrons. The molecule has 4 nitrogen and oxygen atoms in total. The second-order valence-electron chi connectivity index (χ2n) is 6.88. The predicted octanol–water partition coefficient (Wildman–Crippen LogP) is 2.50. The monoisotopic (exact) mass is 337 g/mol. The van der Waals surface area contributed by atoms with E-state index in [0.717, 1.165) is 5.56 Å². The third kappa shape index (κ3) is 4.69. The van der Waals surface area contributed by atoms with Crippen LogP contribution in [0, 0.1) is 0 Å². The Balaban J connectivity index is 0.00000192. The topological polar surface area (TPSA) is 44.4 Å². The number of carbonyl (C=O) groups excluding carboxylic acids is 1. The van der Waals surface area contributed by atoms with E-state index in [2.05, 4.69) is 34.7 Å². The Morgan fingerprint density at radius 1 is 1.26 bits per heavy atom. The third-order valence-electron chi connectivity index (χ3n) is 5.14. The number of likely N-dealkylation sites (N-methyl/N-ethyl adjacent to an activating group) is 1. The number of hydrogen-bond acceptors (Lipinski definition) is 3. The van der Waals surface area contributed by atoms with Gasteiger partial charge in [0.15, 0.2) is 0 Å². The minimum atomic E-state index is 0. The first-order valence-corrected chi connectivity index (χ1v) is 8.42. The number of fused-ring (bicyclic) bond motifs is 2. The van der Waals surface area contributed by atoms with Crippen molar-refractivity contribution < 1.29 is 4.79 Å². The van der Waals surface area contributed by atoms with Crippen molar-refractivity contribution in [2.75, 3.05) is 13.6 Å². The van der Waals surface area contributed by atoms with Crippen molar-refractivity contribution in [2.24, 2.45) is 0 Å². The number of amides is 1. The van der Waals surface area contributed by atoms with Crippen LogP contribution in [0.2, 0.25) is 0 Å². The fourth-order valence-corrected chi connectivity index (χ4v) is 3.85. The summed E-state index contributed by atoms with van der Waals surface area (Å²) in [6.07, 6.45) is 4.95. The molecule has 23 heavy (non-hydrogen) atoms. The van der Waals surface area contributed by atoms with Crippen molar-refractivity contribution in [1.82, 2.24) is 15.5 Å². The lowest BCUT2D eigenvalue weighted by Gasteiger charge is -2.35. The molecule has 2 aliphatic rings. The Bertz CT molecular complexity index is 498. The summed E-state index contributed by atoms with van der Waals surface area (Å²) in [7, 11) is 2.09. The molecular formula is C18H28ClN3O. The normalized spacial score (nSPS) is 27.3. The highest BCUT2D eigenvalue weighted by Crippen LogP contribution is 2.29. The van der Waals surface area contributed by atoms with Gasteiger partial charge in [-0.05, 0) is 45.2 Å². The fraction of sp³-hybridized carbons (Fsp3) is 0.611. The van der Waals surface area contributed by atoms with E-state index in [-0.39, 0.29) is 24.4 Å². The summed E-state index contributed by atoms with van der Waals surface area (Å²) in [6.45, 7) is 2.53. The lowest BCUT2D eigenvalue weighted by atomic mass is 9.98. The molecule has 3 rings (SSSR count). The molecule has 128 valence electrons. The van der Waals surface area contributed by atoms with Crippen LogP contribution in [0.4, 0.5) is 0 Å². The Morgan fingerprint density at radius 2 is 1.87 bits per heavy atom. The zero-order valence-corrected chi connectivity index (χ0v) is 14.8. The highest BCUT2D eigenvalue weighted by atomic mass is 35.5. The van der Waals surface area contributed by atoms with E-state index in [4.69, 9.17) is 0 Å². The van der Waals surface area contributed by atoms with Gasteiger partial charge in [0.05, 0.1) is 12.6 Å². The molecule has 2 aliphatic heterocycles. The molecule has 0 aromatic heterocycles. The van der Waals surface area contributed by atoms with Gasteiger partial charge in [-0.25, -0.2) is 0 Å². The minimum absolute atomic E-state index is 0. The summed E-state index contributed by atoms with van der Waals surface area (Å²) in [5.41, 5.74) is 1.15. The van der Waals surface area contributed by atoms with Crippen molar-refractivity contribution in [2.45, 2.75) is 56.8 Å². The van der Waals surface area contributed by atoms with Gasteiger partial charge < -0.3 is 10.6 Å². The average Bonchev–Trinajstić information content (AvgIpc) is 2.86. The van der Waals surface area contributed by atoms with Gasteiger partial charge in [0.25, 0.3) is 0 Å². The molecular weight excluding hydrogens is 310 g/mol. The number of nitrogens with zero attached hydrogens (tertiary/aromatic N) is 1. The molecule has 2 N–H and O–H groups in total. The Kier molecular flexibility index (Phi) is 6.45. The first-order chi connectivity index (χ1) is 10.6. The second-order valence-corrected chi connectivity index (χ2v) is 6.88.